The molecule has 0 aromatic heterocycles. The summed E-state index contributed by atoms with van der Waals surface area (Å²) in [7, 11) is 0. The minimum Gasteiger partial charge on any atom is -0.353 e. The van der Waals surface area contributed by atoms with Gasteiger partial charge in [-0.05, 0) is 57.8 Å². The van der Waals surface area contributed by atoms with Crippen molar-refractivity contribution in [3.05, 3.63) is 0 Å². The van der Waals surface area contributed by atoms with E-state index in [4.69, 9.17) is 0 Å². The quantitative estimate of drug-likeness (QED) is 0.868. The Bertz CT molecular complexity index is 389. The van der Waals surface area contributed by atoms with Crippen molar-refractivity contribution in [1.82, 2.24) is 10.2 Å². The van der Waals surface area contributed by atoms with Gasteiger partial charge >= 0.3 is 0 Å². The van der Waals surface area contributed by atoms with E-state index in [9.17, 15) is 9.59 Å². The summed E-state index contributed by atoms with van der Waals surface area (Å²) in [6.45, 7) is 8.21. The van der Waals surface area contributed by atoms with Crippen molar-refractivity contribution < 1.29 is 9.59 Å². The molecule has 2 amide bonds. The van der Waals surface area contributed by atoms with Gasteiger partial charge in [0, 0.05) is 31.0 Å². The van der Waals surface area contributed by atoms with Crippen molar-refractivity contribution in [2.24, 2.45) is 17.8 Å². The van der Waals surface area contributed by atoms with Gasteiger partial charge in [0.15, 0.2) is 0 Å². The lowest BCUT2D eigenvalue weighted by Gasteiger charge is -2.36. The molecule has 0 radical (unpaired) electrons. The summed E-state index contributed by atoms with van der Waals surface area (Å²) in [4.78, 5) is 26.9. The second kappa shape index (κ2) is 7.98. The van der Waals surface area contributed by atoms with Crippen LogP contribution in [0.1, 0.15) is 65.7 Å². The Kier molecular flexibility index (Phi) is 6.27. The van der Waals surface area contributed by atoms with Gasteiger partial charge in [0.1, 0.15) is 0 Å². The zero-order valence-electron chi connectivity index (χ0n) is 14.4. The average molecular weight is 308 g/mol. The molecule has 2 rings (SSSR count). The minimum absolute atomic E-state index is 0.110. The molecular weight excluding hydrogens is 276 g/mol. The van der Waals surface area contributed by atoms with Crippen LogP contribution in [0.3, 0.4) is 0 Å². The van der Waals surface area contributed by atoms with Crippen molar-refractivity contribution in [1.29, 1.82) is 0 Å². The molecule has 2 aliphatic rings. The third-order valence-corrected chi connectivity index (χ3v) is 5.42. The largest absolute Gasteiger partial charge is 0.353 e. The van der Waals surface area contributed by atoms with E-state index in [1.165, 1.54) is 6.42 Å². The molecule has 1 saturated heterocycles. The minimum atomic E-state index is 0.110. The molecule has 4 heteroatoms. The van der Waals surface area contributed by atoms with E-state index in [0.29, 0.717) is 11.8 Å². The molecule has 4 nitrogen and oxygen atoms in total. The van der Waals surface area contributed by atoms with E-state index in [1.54, 1.807) is 0 Å². The van der Waals surface area contributed by atoms with E-state index in [2.05, 4.69) is 24.1 Å². The fraction of sp³-hybridized carbons (Fsp3) is 0.889. The van der Waals surface area contributed by atoms with Crippen molar-refractivity contribution >= 4 is 11.8 Å². The predicted molar refractivity (Wildman–Crippen MR) is 88.3 cm³/mol. The first-order valence-corrected chi connectivity index (χ1v) is 9.10. The summed E-state index contributed by atoms with van der Waals surface area (Å²) in [5, 5.41) is 3.08. The smallest absolute Gasteiger partial charge is 0.225 e. The van der Waals surface area contributed by atoms with Gasteiger partial charge in [-0.3, -0.25) is 9.59 Å². The van der Waals surface area contributed by atoms with Crippen LogP contribution in [0.2, 0.25) is 0 Å². The fourth-order valence-corrected chi connectivity index (χ4v) is 3.71. The maximum atomic E-state index is 12.6. The number of likely N-dealkylation sites (tertiary alicyclic amines) is 1. The van der Waals surface area contributed by atoms with Crippen molar-refractivity contribution in [3.8, 4) is 0 Å². The first-order valence-electron chi connectivity index (χ1n) is 9.10. The Morgan fingerprint density at radius 3 is 2.36 bits per heavy atom. The summed E-state index contributed by atoms with van der Waals surface area (Å²) >= 11 is 0. The number of hydrogen-bond donors (Lipinski definition) is 1. The lowest BCUT2D eigenvalue weighted by Crippen LogP contribution is -2.44. The third-order valence-electron chi connectivity index (χ3n) is 5.42. The average Bonchev–Trinajstić information content (AvgIpc) is 2.54. The van der Waals surface area contributed by atoms with Crippen LogP contribution in [0.15, 0.2) is 0 Å². The van der Waals surface area contributed by atoms with Gasteiger partial charge in [0.05, 0.1) is 0 Å². The molecular formula is C18H32N2O2. The Labute approximate surface area is 135 Å². The molecule has 2 atom stereocenters. The highest BCUT2D eigenvalue weighted by molar-refractivity contribution is 5.81. The predicted octanol–water partition coefficient (Wildman–Crippen LogP) is 2.97. The molecule has 1 N–H and O–H groups in total. The highest BCUT2D eigenvalue weighted by Gasteiger charge is 2.33. The molecule has 0 spiro atoms. The summed E-state index contributed by atoms with van der Waals surface area (Å²) < 4.78 is 0. The highest BCUT2D eigenvalue weighted by Crippen LogP contribution is 2.31. The molecule has 2 fully saturated rings. The molecule has 22 heavy (non-hydrogen) atoms. The van der Waals surface area contributed by atoms with Crippen LogP contribution in [0.4, 0.5) is 0 Å². The number of amides is 2. The normalized spacial score (nSPS) is 30.7. The van der Waals surface area contributed by atoms with Gasteiger partial charge in [0.2, 0.25) is 11.8 Å². The summed E-state index contributed by atoms with van der Waals surface area (Å²) in [6.07, 6.45) is 6.83. The summed E-state index contributed by atoms with van der Waals surface area (Å²) in [5.41, 5.74) is 0. The van der Waals surface area contributed by atoms with Gasteiger partial charge in [-0.25, -0.2) is 0 Å². The number of piperidine rings is 1. The van der Waals surface area contributed by atoms with Gasteiger partial charge in [0.25, 0.3) is 0 Å². The standard InChI is InChI=1S/C18H32N2O2/c1-4-14(3)19-17(21)15-7-9-16(10-8-15)18(22)20-11-5-6-13(2)12-20/h13-16H,4-12H2,1-3H3,(H,19,21). The van der Waals surface area contributed by atoms with Gasteiger partial charge in [-0.1, -0.05) is 13.8 Å². The second-order valence-electron chi connectivity index (χ2n) is 7.40. The van der Waals surface area contributed by atoms with E-state index in [1.807, 2.05) is 6.92 Å². The zero-order chi connectivity index (χ0) is 16.1. The van der Waals surface area contributed by atoms with Crippen LogP contribution in [-0.2, 0) is 9.59 Å². The second-order valence-corrected chi connectivity index (χ2v) is 7.40. The molecule has 0 aromatic carbocycles. The zero-order valence-corrected chi connectivity index (χ0v) is 14.4. The van der Waals surface area contributed by atoms with E-state index < -0.39 is 0 Å². The Morgan fingerprint density at radius 2 is 1.77 bits per heavy atom. The molecule has 0 aromatic rings. The van der Waals surface area contributed by atoms with Gasteiger partial charge in [-0.2, -0.15) is 0 Å². The topological polar surface area (TPSA) is 49.4 Å². The lowest BCUT2D eigenvalue weighted by atomic mass is 9.80. The fourth-order valence-electron chi connectivity index (χ4n) is 3.71. The number of nitrogens with zero attached hydrogens (tertiary/aromatic N) is 1. The third kappa shape index (κ3) is 4.47. The number of nitrogens with one attached hydrogen (secondary N) is 1. The first-order chi connectivity index (χ1) is 10.5. The van der Waals surface area contributed by atoms with E-state index >= 15 is 0 Å². The Morgan fingerprint density at radius 1 is 1.14 bits per heavy atom. The Balaban J connectivity index is 1.79. The van der Waals surface area contributed by atoms with Crippen LogP contribution in [0.25, 0.3) is 0 Å². The van der Waals surface area contributed by atoms with Crippen LogP contribution < -0.4 is 5.32 Å². The molecule has 2 unspecified atom stereocenters. The van der Waals surface area contributed by atoms with Crippen LogP contribution in [0, 0.1) is 17.8 Å². The molecule has 126 valence electrons. The number of rotatable bonds is 4. The molecule has 1 saturated carbocycles. The summed E-state index contributed by atoms with van der Waals surface area (Å²) in [6, 6.07) is 0.252. The Hall–Kier alpha value is -1.06. The number of carbonyl (C=O) groups excluding carboxylic acids is 2. The maximum Gasteiger partial charge on any atom is 0.225 e. The van der Waals surface area contributed by atoms with Crippen molar-refractivity contribution in [2.45, 2.75) is 71.8 Å². The summed E-state index contributed by atoms with van der Waals surface area (Å²) in [5.74, 6) is 1.42. The molecule has 1 heterocycles. The molecule has 1 aliphatic carbocycles. The maximum absolute atomic E-state index is 12.6. The number of carbonyl (C=O) groups is 2. The first kappa shape index (κ1) is 17.3. The van der Waals surface area contributed by atoms with Gasteiger partial charge < -0.3 is 10.2 Å². The molecule has 0 bridgehead atoms. The van der Waals surface area contributed by atoms with Crippen LogP contribution in [0.5, 0.6) is 0 Å². The molecule has 1 aliphatic heterocycles. The van der Waals surface area contributed by atoms with Crippen molar-refractivity contribution in [3.63, 3.8) is 0 Å². The van der Waals surface area contributed by atoms with E-state index in [0.717, 1.165) is 51.6 Å². The SMILES string of the molecule is CCC(C)NC(=O)C1CCC(C(=O)N2CCCC(C)C2)CC1. The highest BCUT2D eigenvalue weighted by atomic mass is 16.2. The van der Waals surface area contributed by atoms with Gasteiger partial charge in [-0.15, -0.1) is 0 Å². The van der Waals surface area contributed by atoms with E-state index in [-0.39, 0.29) is 23.8 Å². The lowest BCUT2D eigenvalue weighted by molar-refractivity contribution is -0.140. The van der Waals surface area contributed by atoms with Crippen LogP contribution >= 0.6 is 0 Å². The van der Waals surface area contributed by atoms with Crippen molar-refractivity contribution in [2.75, 3.05) is 13.1 Å². The van der Waals surface area contributed by atoms with Crippen LogP contribution in [-0.4, -0.2) is 35.8 Å². The monoisotopic (exact) mass is 308 g/mol. The number of hydrogen-bond acceptors (Lipinski definition) is 2.